The molecule has 0 bridgehead atoms. The first-order chi connectivity index (χ1) is 20.6. The van der Waals surface area contributed by atoms with E-state index in [2.05, 4.69) is 27.4 Å². The molecule has 10 heteroatoms. The summed E-state index contributed by atoms with van der Waals surface area (Å²) in [7, 11) is 0. The van der Waals surface area contributed by atoms with Crippen LogP contribution in [0.25, 0.3) is 39.6 Å². The number of rotatable bonds is 10. The van der Waals surface area contributed by atoms with Gasteiger partial charge in [0.2, 0.25) is 0 Å². The molecule has 208 valence electrons. The minimum Gasteiger partial charge on any atom is -0.490 e. The molecule has 0 spiro atoms. The number of nitro benzene ring substituents is 1. The highest BCUT2D eigenvalue weighted by atomic mass is 16.6. The van der Waals surface area contributed by atoms with Gasteiger partial charge in [-0.05, 0) is 31.2 Å². The molecular weight excluding hydrogens is 532 g/mol. The van der Waals surface area contributed by atoms with Gasteiger partial charge in [-0.3, -0.25) is 10.1 Å². The average Bonchev–Trinajstić information content (AvgIpc) is 3.70. The number of hydrogen-bond donors (Lipinski definition) is 1. The Kier molecular flexibility index (Phi) is 7.41. The monoisotopic (exact) mass is 558 g/mol. The van der Waals surface area contributed by atoms with E-state index in [1.165, 1.54) is 16.8 Å². The summed E-state index contributed by atoms with van der Waals surface area (Å²) < 4.78 is 13.5. The van der Waals surface area contributed by atoms with E-state index in [-0.39, 0.29) is 12.3 Å². The van der Waals surface area contributed by atoms with E-state index in [0.29, 0.717) is 35.3 Å². The third kappa shape index (κ3) is 5.59. The van der Waals surface area contributed by atoms with Gasteiger partial charge in [-0.15, -0.1) is 5.10 Å². The molecule has 0 radical (unpaired) electrons. The van der Waals surface area contributed by atoms with E-state index < -0.39 is 4.92 Å². The van der Waals surface area contributed by atoms with E-state index >= 15 is 0 Å². The van der Waals surface area contributed by atoms with Gasteiger partial charge in [-0.1, -0.05) is 71.9 Å². The Morgan fingerprint density at radius 1 is 0.833 bits per heavy atom. The van der Waals surface area contributed by atoms with Crippen molar-refractivity contribution in [2.75, 3.05) is 6.61 Å². The van der Waals surface area contributed by atoms with Crippen LogP contribution in [0.15, 0.2) is 109 Å². The van der Waals surface area contributed by atoms with Crippen molar-refractivity contribution in [2.45, 2.75) is 13.5 Å². The summed E-state index contributed by atoms with van der Waals surface area (Å²) in [6, 6.07) is 32.1. The molecule has 10 nitrogen and oxygen atoms in total. The molecule has 0 aliphatic rings. The zero-order valence-electron chi connectivity index (χ0n) is 22.7. The molecule has 0 saturated heterocycles. The van der Waals surface area contributed by atoms with Crippen LogP contribution in [0, 0.1) is 10.1 Å². The summed E-state index contributed by atoms with van der Waals surface area (Å²) in [4.78, 5) is 19.2. The van der Waals surface area contributed by atoms with Crippen molar-refractivity contribution in [1.82, 2.24) is 25.0 Å². The van der Waals surface area contributed by atoms with Crippen LogP contribution in [0.3, 0.4) is 0 Å². The van der Waals surface area contributed by atoms with E-state index in [1.54, 1.807) is 18.3 Å². The molecule has 1 N–H and O–H groups in total. The lowest BCUT2D eigenvalue weighted by atomic mass is 10.1. The van der Waals surface area contributed by atoms with Crippen molar-refractivity contribution in [3.05, 3.63) is 125 Å². The summed E-state index contributed by atoms with van der Waals surface area (Å²) in [5.41, 5.74) is 5.76. The van der Waals surface area contributed by atoms with Crippen molar-refractivity contribution in [1.29, 1.82) is 0 Å². The number of nitrogens with zero attached hydrogens (tertiary/aromatic N) is 5. The number of H-pyrrole nitrogens is 1. The number of imidazole rings is 1. The molecule has 6 rings (SSSR count). The molecule has 0 unspecified atom stereocenters. The molecule has 0 aliphatic heterocycles. The normalized spacial score (nSPS) is 10.9. The summed E-state index contributed by atoms with van der Waals surface area (Å²) >= 11 is 0. The van der Waals surface area contributed by atoms with Gasteiger partial charge in [-0.2, -0.15) is 0 Å². The fourth-order valence-corrected chi connectivity index (χ4v) is 4.56. The van der Waals surface area contributed by atoms with Gasteiger partial charge >= 0.3 is 0 Å². The molecular formula is C32H26N6O4. The maximum atomic E-state index is 11.1. The van der Waals surface area contributed by atoms with Gasteiger partial charge in [0.1, 0.15) is 18.1 Å². The van der Waals surface area contributed by atoms with E-state index in [9.17, 15) is 10.1 Å². The molecule has 0 saturated carbocycles. The molecule has 6 aromatic rings. The number of nitro groups is 1. The number of ether oxygens (including phenoxy) is 2. The maximum absolute atomic E-state index is 11.1. The van der Waals surface area contributed by atoms with Gasteiger partial charge < -0.3 is 14.5 Å². The van der Waals surface area contributed by atoms with Crippen molar-refractivity contribution in [3.63, 3.8) is 0 Å². The number of nitrogens with one attached hydrogen (secondary N) is 1. The Hall–Kier alpha value is -5.77. The predicted octanol–water partition coefficient (Wildman–Crippen LogP) is 6.88. The Balaban J connectivity index is 1.26. The minimum atomic E-state index is -0.447. The minimum absolute atomic E-state index is 0.0226. The van der Waals surface area contributed by atoms with Crippen LogP contribution in [0.1, 0.15) is 12.6 Å². The molecule has 0 fully saturated rings. The third-order valence-corrected chi connectivity index (χ3v) is 6.55. The smallest absolute Gasteiger partial charge is 0.271 e. The summed E-state index contributed by atoms with van der Waals surface area (Å²) in [6.45, 7) is 2.49. The van der Waals surface area contributed by atoms with E-state index in [1.807, 2.05) is 73.7 Å². The van der Waals surface area contributed by atoms with Crippen molar-refractivity contribution < 1.29 is 14.4 Å². The van der Waals surface area contributed by atoms with Crippen LogP contribution in [-0.4, -0.2) is 36.5 Å². The van der Waals surface area contributed by atoms with Crippen molar-refractivity contribution in [2.24, 2.45) is 0 Å². The number of benzene rings is 4. The summed E-state index contributed by atoms with van der Waals surface area (Å²) in [5, 5.41) is 19.4. The van der Waals surface area contributed by atoms with Crippen LogP contribution in [0.5, 0.6) is 11.5 Å². The molecule has 0 atom stereocenters. The Labute approximate surface area is 241 Å². The molecule has 2 aromatic heterocycles. The molecule has 4 aromatic carbocycles. The van der Waals surface area contributed by atoms with Gasteiger partial charge in [0, 0.05) is 28.8 Å². The second-order valence-electron chi connectivity index (χ2n) is 9.36. The number of aromatic amines is 1. The molecule has 42 heavy (non-hydrogen) atoms. The van der Waals surface area contributed by atoms with Crippen molar-refractivity contribution >= 4 is 5.69 Å². The standard InChI is InChI=1S/C32H26N6O4/c1-2-41-29-18-24(32-33-30(22-10-5-3-6-11-22)31(34-32)23-12-7-4-8-13-23)16-17-28(29)42-21-25-20-37(36-35-25)26-14-9-15-27(19-26)38(39)40/h3-20H,2,21H2,1H3,(H,33,34). The zero-order valence-corrected chi connectivity index (χ0v) is 22.7. The Morgan fingerprint density at radius 2 is 1.60 bits per heavy atom. The zero-order chi connectivity index (χ0) is 28.9. The number of aromatic nitrogens is 5. The average molecular weight is 559 g/mol. The largest absolute Gasteiger partial charge is 0.490 e. The first-order valence-corrected chi connectivity index (χ1v) is 13.4. The lowest BCUT2D eigenvalue weighted by Gasteiger charge is -2.12. The van der Waals surface area contributed by atoms with Crippen LogP contribution in [0.4, 0.5) is 5.69 Å². The summed E-state index contributed by atoms with van der Waals surface area (Å²) in [5.74, 6) is 1.82. The molecule has 2 heterocycles. The maximum Gasteiger partial charge on any atom is 0.271 e. The fourth-order valence-electron chi connectivity index (χ4n) is 4.56. The second-order valence-corrected chi connectivity index (χ2v) is 9.36. The van der Waals surface area contributed by atoms with Crippen LogP contribution >= 0.6 is 0 Å². The van der Waals surface area contributed by atoms with Gasteiger partial charge in [0.15, 0.2) is 11.5 Å². The lowest BCUT2D eigenvalue weighted by Crippen LogP contribution is -2.00. The number of hydrogen-bond acceptors (Lipinski definition) is 7. The van der Waals surface area contributed by atoms with Crippen LogP contribution in [-0.2, 0) is 6.61 Å². The summed E-state index contributed by atoms with van der Waals surface area (Å²) in [6.07, 6.45) is 1.67. The van der Waals surface area contributed by atoms with E-state index in [4.69, 9.17) is 14.5 Å². The first-order valence-electron chi connectivity index (χ1n) is 13.4. The first kappa shape index (κ1) is 26.5. The highest BCUT2D eigenvalue weighted by molar-refractivity contribution is 5.81. The third-order valence-electron chi connectivity index (χ3n) is 6.55. The molecule has 0 amide bonds. The Morgan fingerprint density at radius 3 is 2.33 bits per heavy atom. The number of non-ortho nitro benzene ring substituents is 1. The van der Waals surface area contributed by atoms with Gasteiger partial charge in [-0.25, -0.2) is 9.67 Å². The van der Waals surface area contributed by atoms with Gasteiger partial charge in [0.05, 0.1) is 34.8 Å². The van der Waals surface area contributed by atoms with E-state index in [0.717, 1.165) is 28.1 Å². The topological polar surface area (TPSA) is 121 Å². The quantitative estimate of drug-likeness (QED) is 0.144. The highest BCUT2D eigenvalue weighted by Crippen LogP contribution is 2.36. The lowest BCUT2D eigenvalue weighted by molar-refractivity contribution is -0.384. The van der Waals surface area contributed by atoms with Crippen molar-refractivity contribution in [3.8, 4) is 51.1 Å². The molecule has 0 aliphatic carbocycles. The van der Waals surface area contributed by atoms with Crippen LogP contribution in [0.2, 0.25) is 0 Å². The van der Waals surface area contributed by atoms with Crippen LogP contribution < -0.4 is 9.47 Å². The highest BCUT2D eigenvalue weighted by Gasteiger charge is 2.17. The fraction of sp³-hybridized carbons (Fsp3) is 0.0938. The second kappa shape index (κ2) is 11.8. The Bertz CT molecular complexity index is 1780. The predicted molar refractivity (Wildman–Crippen MR) is 158 cm³/mol. The SMILES string of the molecule is CCOc1cc(-c2nc(-c3ccccc3)c(-c3ccccc3)[nH]2)ccc1OCc1cn(-c2cccc([N+](=O)[O-])c2)nn1. The van der Waals surface area contributed by atoms with Gasteiger partial charge in [0.25, 0.3) is 5.69 Å².